The lowest BCUT2D eigenvalue weighted by Gasteiger charge is -2.13. The van der Waals surface area contributed by atoms with E-state index in [0.29, 0.717) is 44.8 Å². The van der Waals surface area contributed by atoms with E-state index in [-0.39, 0.29) is 50.2 Å². The van der Waals surface area contributed by atoms with Crippen LogP contribution in [0, 0.1) is 27.7 Å². The summed E-state index contributed by atoms with van der Waals surface area (Å²) in [6, 6.07) is 14.6. The van der Waals surface area contributed by atoms with Gasteiger partial charge in [-0.2, -0.15) is 40.1 Å². The molecule has 0 aliphatic rings. The number of phenolic OH excluding ortho intramolecular Hbond substituents is 1. The van der Waals surface area contributed by atoms with Crippen LogP contribution in [0.5, 0.6) is 5.75 Å². The van der Waals surface area contributed by atoms with Crippen molar-refractivity contribution in [3.05, 3.63) is 91.9 Å². The zero-order valence-electron chi connectivity index (χ0n) is 26.6. The number of halogens is 4. The van der Waals surface area contributed by atoms with Crippen LogP contribution in [0.2, 0.25) is 21.1 Å². The van der Waals surface area contributed by atoms with Crippen LogP contribution >= 0.6 is 46.4 Å². The van der Waals surface area contributed by atoms with E-state index in [9.17, 15) is 5.11 Å². The number of fused-ring (bicyclic) bond motifs is 1. The Morgan fingerprint density at radius 2 is 0.980 bits per heavy atom. The quantitative estimate of drug-likeness (QED) is 0.0858. The Balaban J connectivity index is 1.32. The molecule has 0 atom stereocenters. The lowest BCUT2D eigenvalue weighted by atomic mass is 9.99. The van der Waals surface area contributed by atoms with Crippen molar-refractivity contribution in [2.24, 2.45) is 20.5 Å². The van der Waals surface area contributed by atoms with Gasteiger partial charge in [0.2, 0.25) is 33.0 Å². The Morgan fingerprint density at radius 1 is 0.560 bits per heavy atom. The highest BCUT2D eigenvalue weighted by Gasteiger charge is 2.18. The minimum atomic E-state index is -0.142. The van der Waals surface area contributed by atoms with Crippen molar-refractivity contribution in [3.8, 4) is 5.75 Å². The summed E-state index contributed by atoms with van der Waals surface area (Å²) in [4.78, 5) is 23.6. The summed E-state index contributed by atoms with van der Waals surface area (Å²) in [7, 11) is 0. The molecule has 50 heavy (non-hydrogen) atoms. The Kier molecular flexibility index (Phi) is 9.88. The van der Waals surface area contributed by atoms with Gasteiger partial charge >= 0.3 is 0 Å². The largest absolute Gasteiger partial charge is 0.505 e. The zero-order valence-corrected chi connectivity index (χ0v) is 29.7. The predicted octanol–water partition coefficient (Wildman–Crippen LogP) is 10.7. The van der Waals surface area contributed by atoms with Crippen LogP contribution in [0.4, 0.5) is 51.7 Å². The topological polar surface area (TPSA) is 197 Å². The highest BCUT2D eigenvalue weighted by Crippen LogP contribution is 2.46. The molecule has 0 aliphatic heterocycles. The van der Waals surface area contributed by atoms with Gasteiger partial charge < -0.3 is 21.5 Å². The van der Waals surface area contributed by atoms with E-state index in [1.54, 1.807) is 12.1 Å². The lowest BCUT2D eigenvalue weighted by Crippen LogP contribution is -1.99. The Labute approximate surface area is 304 Å². The number of azo groups is 2. The first-order valence-corrected chi connectivity index (χ1v) is 16.1. The molecular formula is C32H25Cl4N13O. The summed E-state index contributed by atoms with van der Waals surface area (Å²) in [5.74, 6) is 0.194. The second-order valence-corrected chi connectivity index (χ2v) is 12.3. The van der Waals surface area contributed by atoms with Gasteiger partial charge in [0, 0.05) is 11.4 Å². The molecule has 6 rings (SSSR count). The van der Waals surface area contributed by atoms with Crippen LogP contribution < -0.4 is 16.4 Å². The van der Waals surface area contributed by atoms with Crippen molar-refractivity contribution in [1.82, 2.24) is 29.9 Å². The second kappa shape index (κ2) is 14.3. The zero-order chi connectivity index (χ0) is 35.7. The Hall–Kier alpha value is -5.28. The number of aromatic nitrogens is 6. The minimum absolute atomic E-state index is 0.0452. The van der Waals surface area contributed by atoms with E-state index in [4.69, 9.17) is 52.1 Å². The number of anilines is 5. The first kappa shape index (κ1) is 34.6. The molecule has 252 valence electrons. The van der Waals surface area contributed by atoms with Crippen LogP contribution in [0.3, 0.4) is 0 Å². The second-order valence-electron chi connectivity index (χ2n) is 11.0. The number of aromatic hydroxyl groups is 1. The maximum absolute atomic E-state index is 11.5. The summed E-state index contributed by atoms with van der Waals surface area (Å²) < 4.78 is 0. The third-order valence-electron chi connectivity index (χ3n) is 7.37. The molecule has 4 aromatic carbocycles. The molecule has 0 saturated carbocycles. The number of nitrogen functional groups attached to an aromatic ring is 1. The van der Waals surface area contributed by atoms with Crippen LogP contribution in [0.1, 0.15) is 22.3 Å². The van der Waals surface area contributed by atoms with Crippen molar-refractivity contribution in [3.63, 3.8) is 0 Å². The fourth-order valence-corrected chi connectivity index (χ4v) is 5.65. The Bertz CT molecular complexity index is 2170. The highest BCUT2D eigenvalue weighted by atomic mass is 35.5. The number of hydrogen-bond donors (Lipinski definition) is 4. The SMILES string of the molecule is Cc1ccc(Nc2nc(Cl)nc(Cl)n2)cc1/N=N/c1c(C)cc2cc(C)c(/N=N/c3cc(Nc4nc(Cl)nc(Cl)n4)ccc3C)c(O)c2c1N. The van der Waals surface area contributed by atoms with Gasteiger partial charge in [0.15, 0.2) is 5.75 Å². The van der Waals surface area contributed by atoms with Crippen molar-refractivity contribution < 1.29 is 5.11 Å². The van der Waals surface area contributed by atoms with Gasteiger partial charge in [-0.3, -0.25) is 0 Å². The molecule has 5 N–H and O–H groups in total. The molecule has 2 aromatic heterocycles. The maximum atomic E-state index is 11.5. The maximum Gasteiger partial charge on any atom is 0.232 e. The fourth-order valence-electron chi connectivity index (χ4n) is 4.92. The van der Waals surface area contributed by atoms with E-state index in [1.807, 2.05) is 64.1 Å². The molecule has 0 fully saturated rings. The monoisotopic (exact) mass is 747 g/mol. The van der Waals surface area contributed by atoms with Gasteiger partial charge in [-0.15, -0.1) is 10.2 Å². The Morgan fingerprint density at radius 3 is 1.44 bits per heavy atom. The molecule has 0 saturated heterocycles. The molecule has 0 unspecified atom stereocenters. The fraction of sp³-hybridized carbons (Fsp3) is 0.125. The van der Waals surface area contributed by atoms with Gasteiger partial charge in [0.05, 0.1) is 22.4 Å². The van der Waals surface area contributed by atoms with Gasteiger partial charge in [-0.25, -0.2) is 0 Å². The average molecular weight is 749 g/mol. The standard InChI is InChI=1S/C32H25Cl4N13O/c1-13-5-7-18(38-31-42-27(33)40-28(34)43-31)11-20(13)46-48-24-15(3)9-17-10-16(4)25(26(50)22(17)23(24)37)49-47-21-12-19(8-6-14(21)2)39-32-44-29(35)41-30(36)45-32/h5-12,50H,37H2,1-4H3,(H,38,40,42,43)(H,39,41,44,45)/b48-46+,49-47+. The van der Waals surface area contributed by atoms with Gasteiger partial charge in [0.25, 0.3) is 0 Å². The summed E-state index contributed by atoms with van der Waals surface area (Å²) in [5, 5.41) is 36.3. The van der Waals surface area contributed by atoms with Crippen molar-refractivity contribution >= 4 is 109 Å². The molecule has 0 amide bonds. The van der Waals surface area contributed by atoms with E-state index in [0.717, 1.165) is 16.7 Å². The molecule has 14 nitrogen and oxygen atoms in total. The lowest BCUT2D eigenvalue weighted by molar-refractivity contribution is 0.482. The molecular weight excluding hydrogens is 724 g/mol. The number of phenols is 1. The van der Waals surface area contributed by atoms with Crippen LogP contribution in [0.25, 0.3) is 10.8 Å². The number of nitrogens with one attached hydrogen (secondary N) is 2. The predicted molar refractivity (Wildman–Crippen MR) is 196 cm³/mol. The van der Waals surface area contributed by atoms with E-state index < -0.39 is 0 Å². The van der Waals surface area contributed by atoms with Gasteiger partial charge in [0.1, 0.15) is 11.4 Å². The number of nitrogens with two attached hydrogens (primary N) is 1. The summed E-state index contributed by atoms with van der Waals surface area (Å²) in [5.41, 5.74) is 13.0. The van der Waals surface area contributed by atoms with E-state index >= 15 is 0 Å². The van der Waals surface area contributed by atoms with Crippen molar-refractivity contribution in [1.29, 1.82) is 0 Å². The average Bonchev–Trinajstić information content (AvgIpc) is 3.02. The van der Waals surface area contributed by atoms with E-state index in [2.05, 4.69) is 61.0 Å². The number of benzene rings is 4. The smallest absolute Gasteiger partial charge is 0.232 e. The highest BCUT2D eigenvalue weighted by molar-refractivity contribution is 6.31. The molecule has 0 bridgehead atoms. The molecule has 0 spiro atoms. The minimum Gasteiger partial charge on any atom is -0.505 e. The normalized spacial score (nSPS) is 11.6. The third-order valence-corrected chi connectivity index (χ3v) is 8.05. The van der Waals surface area contributed by atoms with Crippen LogP contribution in [-0.4, -0.2) is 35.0 Å². The number of hydrogen-bond acceptors (Lipinski definition) is 14. The summed E-state index contributed by atoms with van der Waals surface area (Å²) in [6.07, 6.45) is 0. The van der Waals surface area contributed by atoms with Crippen molar-refractivity contribution in [2.75, 3.05) is 16.4 Å². The molecule has 6 aromatic rings. The molecule has 2 heterocycles. The molecule has 18 heteroatoms. The first-order valence-electron chi connectivity index (χ1n) is 14.6. The number of aryl methyl sites for hydroxylation is 4. The first-order chi connectivity index (χ1) is 23.8. The summed E-state index contributed by atoms with van der Waals surface area (Å²) in [6.45, 7) is 7.47. The summed E-state index contributed by atoms with van der Waals surface area (Å²) >= 11 is 23.6. The molecule has 0 aliphatic carbocycles. The van der Waals surface area contributed by atoms with Crippen molar-refractivity contribution in [2.45, 2.75) is 27.7 Å². The van der Waals surface area contributed by atoms with Crippen LogP contribution in [-0.2, 0) is 0 Å². The third kappa shape index (κ3) is 7.63. The van der Waals surface area contributed by atoms with Gasteiger partial charge in [-0.1, -0.05) is 12.1 Å². The van der Waals surface area contributed by atoms with E-state index in [1.165, 1.54) is 0 Å². The van der Waals surface area contributed by atoms with Gasteiger partial charge in [-0.05, 0) is 138 Å². The van der Waals surface area contributed by atoms with Crippen LogP contribution in [0.15, 0.2) is 69.0 Å². The molecule has 0 radical (unpaired) electrons. The number of nitrogens with zero attached hydrogens (tertiary/aromatic N) is 10. The number of rotatable bonds is 8.